The number of anilines is 2. The van der Waals surface area contributed by atoms with Crippen LogP contribution in [-0.2, 0) is 46.5 Å². The minimum atomic E-state index is -0.865. The molecule has 1 aliphatic rings. The molecule has 16 nitrogen and oxygen atoms in total. The molecule has 0 aromatic heterocycles. The Morgan fingerprint density at radius 1 is 0.754 bits per heavy atom. The molecule has 4 unspecified atom stereocenters. The molecule has 2 aromatic carbocycles. The van der Waals surface area contributed by atoms with Crippen LogP contribution in [-0.4, -0.2) is 108 Å². The van der Waals surface area contributed by atoms with Crippen molar-refractivity contribution in [3.8, 4) is 0 Å². The number of nitrogens with zero attached hydrogens (tertiary/aromatic N) is 3. The van der Waals surface area contributed by atoms with Gasteiger partial charge in [0.25, 0.3) is 0 Å². The summed E-state index contributed by atoms with van der Waals surface area (Å²) in [5.41, 5.74) is 2.72. The fourth-order valence-corrected chi connectivity index (χ4v) is 6.69. The van der Waals surface area contributed by atoms with Gasteiger partial charge in [-0.1, -0.05) is 58.9 Å². The third kappa shape index (κ3) is 12.7. The maximum absolute atomic E-state index is 13.5. The summed E-state index contributed by atoms with van der Waals surface area (Å²) in [5.74, 6) is -2.01. The van der Waals surface area contributed by atoms with Crippen molar-refractivity contribution in [1.29, 1.82) is 0 Å². The maximum atomic E-state index is 13.5. The lowest BCUT2D eigenvalue weighted by Crippen LogP contribution is -2.56. The second-order valence-corrected chi connectivity index (χ2v) is 14.7. The van der Waals surface area contributed by atoms with Crippen LogP contribution in [0.1, 0.15) is 78.9 Å². The van der Waals surface area contributed by atoms with E-state index in [0.717, 1.165) is 11.1 Å². The first-order valence-corrected chi connectivity index (χ1v) is 19.4. The lowest BCUT2D eigenvalue weighted by Gasteiger charge is -2.33. The third-order valence-corrected chi connectivity index (χ3v) is 9.95. The van der Waals surface area contributed by atoms with Gasteiger partial charge in [0.1, 0.15) is 24.2 Å². The van der Waals surface area contributed by atoms with Gasteiger partial charge in [0.05, 0.1) is 14.2 Å². The van der Waals surface area contributed by atoms with E-state index >= 15 is 0 Å². The number of hydrogen-bond donors (Lipinski definition) is 4. The molecule has 1 heterocycles. The Bertz CT molecular complexity index is 1720. The van der Waals surface area contributed by atoms with Crippen molar-refractivity contribution in [2.24, 2.45) is 11.8 Å². The van der Waals surface area contributed by atoms with Crippen molar-refractivity contribution in [1.82, 2.24) is 25.3 Å². The average Bonchev–Trinajstić information content (AvgIpc) is 3.68. The fraction of sp³-hybridized carbons (Fsp3) is 0.537. The van der Waals surface area contributed by atoms with E-state index in [4.69, 9.17) is 0 Å². The summed E-state index contributed by atoms with van der Waals surface area (Å²) >= 11 is 0. The second-order valence-electron chi connectivity index (χ2n) is 14.7. The molecule has 1 aliphatic heterocycles. The number of likely N-dealkylation sites (N-methyl/N-ethyl adjacent to an activating group) is 1. The summed E-state index contributed by atoms with van der Waals surface area (Å²) in [4.78, 5) is 94.7. The van der Waals surface area contributed by atoms with E-state index in [9.17, 15) is 33.6 Å². The van der Waals surface area contributed by atoms with Crippen LogP contribution >= 0.6 is 0 Å². The van der Waals surface area contributed by atoms with Crippen molar-refractivity contribution in [2.75, 3.05) is 37.9 Å². The monoisotopic (exact) mass is 793 g/mol. The molecule has 3 rings (SSSR count). The highest BCUT2D eigenvalue weighted by Gasteiger charge is 2.39. The summed E-state index contributed by atoms with van der Waals surface area (Å²) < 4.78 is 9.37. The highest BCUT2D eigenvalue weighted by atomic mass is 16.5. The van der Waals surface area contributed by atoms with Crippen LogP contribution in [0, 0.1) is 11.8 Å². The Hall–Kier alpha value is -5.67. The van der Waals surface area contributed by atoms with Crippen molar-refractivity contribution in [2.45, 2.75) is 105 Å². The second kappa shape index (κ2) is 21.6. The predicted octanol–water partition coefficient (Wildman–Crippen LogP) is 4.49. The van der Waals surface area contributed by atoms with Gasteiger partial charge in [-0.25, -0.2) is 9.59 Å². The van der Waals surface area contributed by atoms with Gasteiger partial charge < -0.3 is 45.4 Å². The van der Waals surface area contributed by atoms with E-state index in [1.807, 2.05) is 45.0 Å². The highest BCUT2D eigenvalue weighted by Crippen LogP contribution is 2.23. The van der Waals surface area contributed by atoms with Crippen LogP contribution in [0.2, 0.25) is 0 Å². The van der Waals surface area contributed by atoms with Gasteiger partial charge in [0.15, 0.2) is 0 Å². The molecular formula is C41H59N7O9. The van der Waals surface area contributed by atoms with Crippen LogP contribution in [0.25, 0.3) is 0 Å². The van der Waals surface area contributed by atoms with Crippen LogP contribution in [0.5, 0.6) is 0 Å². The number of carbonyl (C=O) groups excluding carboxylic acids is 7. The lowest BCUT2D eigenvalue weighted by atomic mass is 10.0. The number of rotatable bonds is 17. The Balaban J connectivity index is 1.62. The van der Waals surface area contributed by atoms with Crippen LogP contribution in [0.15, 0.2) is 48.5 Å². The van der Waals surface area contributed by atoms with Gasteiger partial charge >= 0.3 is 12.2 Å². The number of alkyl carbamates (subject to hydrolysis) is 2. The Morgan fingerprint density at radius 3 is 1.68 bits per heavy atom. The average molecular weight is 794 g/mol. The number of ether oxygens (including phenoxy) is 2. The van der Waals surface area contributed by atoms with Gasteiger partial charge in [0.2, 0.25) is 29.5 Å². The van der Waals surface area contributed by atoms with Crippen molar-refractivity contribution in [3.05, 3.63) is 59.7 Å². The first-order chi connectivity index (χ1) is 27.0. The molecule has 2 aromatic rings. The molecule has 4 N–H and O–H groups in total. The number of amides is 7. The Morgan fingerprint density at radius 2 is 1.25 bits per heavy atom. The minimum Gasteiger partial charge on any atom is -0.453 e. The molecule has 0 spiro atoms. The van der Waals surface area contributed by atoms with Crippen molar-refractivity contribution in [3.63, 3.8) is 0 Å². The van der Waals surface area contributed by atoms with E-state index in [0.29, 0.717) is 50.3 Å². The summed E-state index contributed by atoms with van der Waals surface area (Å²) in [7, 11) is 2.45. The van der Waals surface area contributed by atoms with E-state index in [1.54, 1.807) is 49.9 Å². The third-order valence-electron chi connectivity index (χ3n) is 9.95. The summed E-state index contributed by atoms with van der Waals surface area (Å²) in [5, 5.41) is 11.0. The molecule has 57 heavy (non-hydrogen) atoms. The van der Waals surface area contributed by atoms with Crippen LogP contribution < -0.4 is 21.3 Å². The summed E-state index contributed by atoms with van der Waals surface area (Å²) in [6.07, 6.45) is 0.0592. The molecule has 0 aliphatic carbocycles. The molecule has 0 radical (unpaired) electrons. The van der Waals surface area contributed by atoms with E-state index < -0.39 is 36.4 Å². The standard InChI is InChI=1S/C41H59N7O9/c1-10-32(47(11-2)38(52)34(25(3)4)44-40(54)56-8)36(50)42-30-18-14-28(15-19-30)23-46(27(7)49)24-29-16-20-31(21-17-29)43-37(51)33-13-12-22-48(33)39(53)35(26(5)6)45-41(55)57-9/h14-21,25-26,32-35H,10-13,22-24H2,1-9H3,(H,42,50)(H,43,51)(H,44,54)(H,45,55). The first-order valence-electron chi connectivity index (χ1n) is 19.4. The molecule has 1 fully saturated rings. The largest absolute Gasteiger partial charge is 0.453 e. The fourth-order valence-electron chi connectivity index (χ4n) is 6.69. The van der Waals surface area contributed by atoms with Crippen LogP contribution in [0.4, 0.5) is 21.0 Å². The smallest absolute Gasteiger partial charge is 0.407 e. The zero-order valence-corrected chi connectivity index (χ0v) is 34.5. The number of likely N-dealkylation sites (tertiary alicyclic amines) is 1. The molecule has 7 amide bonds. The molecular weight excluding hydrogens is 734 g/mol. The van der Waals surface area contributed by atoms with Gasteiger partial charge in [0, 0.05) is 44.5 Å². The quantitative estimate of drug-likeness (QED) is 0.179. The Labute approximate surface area is 335 Å². The zero-order valence-electron chi connectivity index (χ0n) is 34.5. The SMILES string of the molecule is CCC(C(=O)Nc1ccc(CN(Cc2ccc(NC(=O)C3CCCN3C(=O)C(NC(=O)OC)C(C)C)cc2)C(C)=O)cc1)N(CC)C(=O)C(NC(=O)OC)C(C)C. The van der Waals surface area contributed by atoms with Crippen molar-refractivity contribution >= 4 is 53.1 Å². The number of hydrogen-bond acceptors (Lipinski definition) is 9. The van der Waals surface area contributed by atoms with E-state index in [1.165, 1.54) is 30.9 Å². The molecule has 312 valence electrons. The van der Waals surface area contributed by atoms with E-state index in [-0.39, 0.29) is 47.9 Å². The number of benzene rings is 2. The summed E-state index contributed by atoms with van der Waals surface area (Å²) in [6, 6.07) is 11.1. The molecule has 1 saturated heterocycles. The lowest BCUT2D eigenvalue weighted by molar-refractivity contribution is -0.141. The van der Waals surface area contributed by atoms with Gasteiger partial charge in [-0.2, -0.15) is 0 Å². The van der Waals surface area contributed by atoms with Crippen molar-refractivity contribution < 1.29 is 43.0 Å². The zero-order chi connectivity index (χ0) is 42.4. The van der Waals surface area contributed by atoms with Gasteiger partial charge in [-0.3, -0.25) is 24.0 Å². The number of nitrogens with one attached hydrogen (secondary N) is 4. The first kappa shape index (κ1) is 45.7. The Kier molecular flexibility index (Phi) is 17.3. The highest BCUT2D eigenvalue weighted by molar-refractivity contribution is 5.99. The van der Waals surface area contributed by atoms with Gasteiger partial charge in [-0.15, -0.1) is 0 Å². The normalized spacial score (nSPS) is 15.2. The van der Waals surface area contributed by atoms with E-state index in [2.05, 4.69) is 30.7 Å². The molecule has 4 atom stereocenters. The summed E-state index contributed by atoms with van der Waals surface area (Å²) in [6.45, 7) is 13.6. The van der Waals surface area contributed by atoms with Gasteiger partial charge in [-0.05, 0) is 73.4 Å². The molecule has 0 saturated carbocycles. The maximum Gasteiger partial charge on any atom is 0.407 e. The molecule has 16 heteroatoms. The topological polar surface area (TPSA) is 196 Å². The number of carbonyl (C=O) groups is 7. The minimum absolute atomic E-state index is 0.145. The predicted molar refractivity (Wildman–Crippen MR) is 215 cm³/mol. The van der Waals surface area contributed by atoms with Crippen LogP contribution in [0.3, 0.4) is 0 Å². The molecule has 0 bridgehead atoms. The number of methoxy groups -OCH3 is 2.